The molecule has 2 N–H and O–H groups in total. The zero-order valence-corrected chi connectivity index (χ0v) is 13.0. The lowest BCUT2D eigenvalue weighted by Crippen LogP contribution is -2.38. The van der Waals surface area contributed by atoms with Crippen LogP contribution in [0.15, 0.2) is 54.6 Å². The largest absolute Gasteiger partial charge is 0.490 e. The molecular weight excluding hydrogens is 300 g/mol. The van der Waals surface area contributed by atoms with Gasteiger partial charge in [-0.05, 0) is 24.1 Å². The summed E-state index contributed by atoms with van der Waals surface area (Å²) in [6.45, 7) is 1.39. The normalized spacial score (nSPS) is 10.0. The summed E-state index contributed by atoms with van der Waals surface area (Å²) in [5, 5.41) is 6.11. The van der Waals surface area contributed by atoms with E-state index in [9.17, 15) is 4.79 Å². The fourth-order valence-electron chi connectivity index (χ4n) is 1.91. The summed E-state index contributed by atoms with van der Waals surface area (Å²) in [5.74, 6) is 0.621. The van der Waals surface area contributed by atoms with E-state index in [1.54, 1.807) is 12.1 Å². The van der Waals surface area contributed by atoms with Crippen LogP contribution in [-0.2, 0) is 6.42 Å². The van der Waals surface area contributed by atoms with Crippen LogP contribution in [0.5, 0.6) is 5.75 Å². The first-order valence-corrected chi connectivity index (χ1v) is 7.56. The number of hydrogen-bond donors (Lipinski definition) is 2. The lowest BCUT2D eigenvalue weighted by molar-refractivity contribution is 0.236. The lowest BCUT2D eigenvalue weighted by Gasteiger charge is -2.10. The molecule has 22 heavy (non-hydrogen) atoms. The van der Waals surface area contributed by atoms with E-state index in [1.165, 1.54) is 5.56 Å². The van der Waals surface area contributed by atoms with Crippen molar-refractivity contribution in [1.82, 2.24) is 10.6 Å². The minimum Gasteiger partial charge on any atom is -0.490 e. The van der Waals surface area contributed by atoms with Crippen LogP contribution in [0, 0.1) is 0 Å². The fourth-order valence-corrected chi connectivity index (χ4v) is 2.11. The predicted molar refractivity (Wildman–Crippen MR) is 88.5 cm³/mol. The van der Waals surface area contributed by atoms with Gasteiger partial charge in [-0.1, -0.05) is 54.1 Å². The molecule has 0 aromatic heterocycles. The molecule has 0 aliphatic heterocycles. The van der Waals surface area contributed by atoms with E-state index < -0.39 is 0 Å². The maximum absolute atomic E-state index is 11.6. The van der Waals surface area contributed by atoms with Crippen LogP contribution in [0.3, 0.4) is 0 Å². The Labute approximate surface area is 135 Å². The van der Waals surface area contributed by atoms with Gasteiger partial charge in [0.15, 0.2) is 0 Å². The third-order valence-electron chi connectivity index (χ3n) is 3.02. The van der Waals surface area contributed by atoms with Crippen molar-refractivity contribution >= 4 is 17.6 Å². The third-order valence-corrected chi connectivity index (χ3v) is 3.34. The number of halogens is 1. The highest BCUT2D eigenvalue weighted by Crippen LogP contribution is 2.22. The molecule has 4 nitrogen and oxygen atoms in total. The summed E-state index contributed by atoms with van der Waals surface area (Å²) >= 11 is 5.97. The van der Waals surface area contributed by atoms with E-state index in [2.05, 4.69) is 10.6 Å². The minimum absolute atomic E-state index is 0.196. The first kappa shape index (κ1) is 16.2. The van der Waals surface area contributed by atoms with Gasteiger partial charge in [-0.2, -0.15) is 0 Å². The van der Waals surface area contributed by atoms with Crippen LogP contribution in [0.25, 0.3) is 0 Å². The highest BCUT2D eigenvalue weighted by Gasteiger charge is 2.01. The molecule has 0 saturated heterocycles. The first-order chi connectivity index (χ1) is 10.8. The number of nitrogens with one attached hydrogen (secondary N) is 2. The maximum atomic E-state index is 11.6. The number of para-hydroxylation sites is 1. The van der Waals surface area contributed by atoms with Gasteiger partial charge in [-0.25, -0.2) is 4.79 Å². The monoisotopic (exact) mass is 318 g/mol. The molecule has 5 heteroatoms. The standard InChI is InChI=1S/C17H19ClN2O2/c18-15-8-4-5-9-16(15)22-13-12-20-17(21)19-11-10-14-6-2-1-3-7-14/h1-9H,10-13H2,(H2,19,20,21). The number of benzene rings is 2. The maximum Gasteiger partial charge on any atom is 0.314 e. The summed E-state index contributed by atoms with van der Waals surface area (Å²) in [6.07, 6.45) is 0.810. The highest BCUT2D eigenvalue weighted by atomic mass is 35.5. The molecular formula is C17H19ClN2O2. The Morgan fingerprint density at radius 3 is 2.41 bits per heavy atom. The van der Waals surface area contributed by atoms with Gasteiger partial charge in [-0.15, -0.1) is 0 Å². The molecule has 116 valence electrons. The van der Waals surface area contributed by atoms with Crippen molar-refractivity contribution in [2.45, 2.75) is 6.42 Å². The molecule has 0 unspecified atom stereocenters. The molecule has 2 amide bonds. The van der Waals surface area contributed by atoms with Crippen LogP contribution in [0.1, 0.15) is 5.56 Å². The minimum atomic E-state index is -0.196. The molecule has 0 radical (unpaired) electrons. The van der Waals surface area contributed by atoms with Gasteiger partial charge < -0.3 is 15.4 Å². The second-order valence-electron chi connectivity index (χ2n) is 4.70. The summed E-state index contributed by atoms with van der Waals surface area (Å²) in [4.78, 5) is 11.6. The quantitative estimate of drug-likeness (QED) is 0.770. The van der Waals surface area contributed by atoms with Crippen molar-refractivity contribution in [2.75, 3.05) is 19.7 Å². The average Bonchev–Trinajstić information content (AvgIpc) is 2.54. The van der Waals surface area contributed by atoms with Gasteiger partial charge in [0.1, 0.15) is 12.4 Å². The Hall–Kier alpha value is -2.20. The van der Waals surface area contributed by atoms with Crippen LogP contribution in [0.2, 0.25) is 5.02 Å². The number of ether oxygens (including phenoxy) is 1. The van der Waals surface area contributed by atoms with Crippen molar-refractivity contribution < 1.29 is 9.53 Å². The summed E-state index contributed by atoms with van der Waals surface area (Å²) in [6, 6.07) is 17.1. The smallest absolute Gasteiger partial charge is 0.314 e. The van der Waals surface area contributed by atoms with E-state index in [-0.39, 0.29) is 6.03 Å². The van der Waals surface area contributed by atoms with Crippen molar-refractivity contribution in [3.8, 4) is 5.75 Å². The predicted octanol–water partition coefficient (Wildman–Crippen LogP) is 3.26. The number of rotatable bonds is 7. The Balaban J connectivity index is 1.57. The lowest BCUT2D eigenvalue weighted by atomic mass is 10.1. The van der Waals surface area contributed by atoms with E-state index in [4.69, 9.17) is 16.3 Å². The number of carbonyl (C=O) groups excluding carboxylic acids is 1. The molecule has 0 fully saturated rings. The number of carbonyl (C=O) groups is 1. The van der Waals surface area contributed by atoms with Gasteiger partial charge in [0.2, 0.25) is 0 Å². The number of hydrogen-bond acceptors (Lipinski definition) is 2. The number of amides is 2. The molecule has 2 rings (SSSR count). The van der Waals surface area contributed by atoms with Crippen molar-refractivity contribution in [3.63, 3.8) is 0 Å². The van der Waals surface area contributed by atoms with Gasteiger partial charge >= 0.3 is 6.03 Å². The molecule has 2 aromatic carbocycles. The topological polar surface area (TPSA) is 50.4 Å². The Morgan fingerprint density at radius 1 is 0.955 bits per heavy atom. The van der Waals surface area contributed by atoms with Gasteiger partial charge in [0.05, 0.1) is 11.6 Å². The third kappa shape index (κ3) is 5.66. The Bertz CT molecular complexity index is 590. The molecule has 0 aliphatic rings. The SMILES string of the molecule is O=C(NCCOc1ccccc1Cl)NCCc1ccccc1. The zero-order valence-electron chi connectivity index (χ0n) is 12.2. The van der Waals surface area contributed by atoms with Gasteiger partial charge in [0.25, 0.3) is 0 Å². The second kappa shape index (κ2) is 8.95. The van der Waals surface area contributed by atoms with Crippen molar-refractivity contribution in [2.24, 2.45) is 0 Å². The average molecular weight is 319 g/mol. The number of urea groups is 1. The molecule has 0 bridgehead atoms. The zero-order chi connectivity index (χ0) is 15.6. The van der Waals surface area contributed by atoms with E-state index in [0.29, 0.717) is 30.5 Å². The van der Waals surface area contributed by atoms with Crippen molar-refractivity contribution in [1.29, 1.82) is 0 Å². The second-order valence-corrected chi connectivity index (χ2v) is 5.10. The van der Waals surface area contributed by atoms with Crippen molar-refractivity contribution in [3.05, 3.63) is 65.2 Å². The van der Waals surface area contributed by atoms with Crippen LogP contribution in [0.4, 0.5) is 4.79 Å². The van der Waals surface area contributed by atoms with E-state index in [1.807, 2.05) is 42.5 Å². The highest BCUT2D eigenvalue weighted by molar-refractivity contribution is 6.32. The molecule has 2 aromatic rings. The first-order valence-electron chi connectivity index (χ1n) is 7.18. The summed E-state index contributed by atoms with van der Waals surface area (Å²) in [7, 11) is 0. The molecule has 0 saturated carbocycles. The van der Waals surface area contributed by atoms with Crippen LogP contribution in [-0.4, -0.2) is 25.7 Å². The molecule has 0 spiro atoms. The molecule has 0 heterocycles. The van der Waals surface area contributed by atoms with Crippen LogP contribution >= 0.6 is 11.6 Å². The molecule has 0 aliphatic carbocycles. The Morgan fingerprint density at radius 2 is 1.64 bits per heavy atom. The van der Waals surface area contributed by atoms with Crippen LogP contribution < -0.4 is 15.4 Å². The summed E-state index contributed by atoms with van der Waals surface area (Å²) in [5.41, 5.74) is 1.20. The van der Waals surface area contributed by atoms with E-state index in [0.717, 1.165) is 6.42 Å². The molecule has 0 atom stereocenters. The van der Waals surface area contributed by atoms with E-state index >= 15 is 0 Å². The Kier molecular flexibility index (Phi) is 6.58. The summed E-state index contributed by atoms with van der Waals surface area (Å²) < 4.78 is 5.49. The fraction of sp³-hybridized carbons (Fsp3) is 0.235. The van der Waals surface area contributed by atoms with Gasteiger partial charge in [0, 0.05) is 6.54 Å². The van der Waals surface area contributed by atoms with Gasteiger partial charge in [-0.3, -0.25) is 0 Å².